The first-order valence-electron chi connectivity index (χ1n) is 4.91. The van der Waals surface area contributed by atoms with Crippen molar-refractivity contribution in [2.45, 2.75) is 13.8 Å². The molecule has 2 N–H and O–H groups in total. The van der Waals surface area contributed by atoms with Crippen molar-refractivity contribution in [2.24, 2.45) is 5.92 Å². The van der Waals surface area contributed by atoms with Gasteiger partial charge in [-0.25, -0.2) is 0 Å². The van der Waals surface area contributed by atoms with Crippen molar-refractivity contribution >= 4 is 23.2 Å². The average molecular weight is 224 g/mol. The number of aromatic nitrogens is 1. The van der Waals surface area contributed by atoms with Gasteiger partial charge in [-0.3, -0.25) is 9.78 Å². The third kappa shape index (κ3) is 3.91. The van der Waals surface area contributed by atoms with E-state index in [2.05, 4.69) is 18.8 Å². The van der Waals surface area contributed by atoms with Crippen LogP contribution in [0.3, 0.4) is 0 Å². The Morgan fingerprint density at radius 1 is 1.60 bits per heavy atom. The van der Waals surface area contributed by atoms with Crippen LogP contribution in [0.25, 0.3) is 0 Å². The van der Waals surface area contributed by atoms with Crippen LogP contribution < -0.4 is 5.73 Å². The number of carbonyl (C=O) groups excluding carboxylic acids is 1. The Hall–Kier alpha value is -1.03. The molecule has 1 rings (SSSR count). The van der Waals surface area contributed by atoms with Crippen LogP contribution in [-0.4, -0.2) is 22.3 Å². The summed E-state index contributed by atoms with van der Waals surface area (Å²) in [5, 5.41) is 0. The first-order chi connectivity index (χ1) is 7.11. The molecule has 0 saturated carbocycles. The first kappa shape index (κ1) is 12.0. The molecule has 0 unspecified atom stereocenters. The van der Waals surface area contributed by atoms with E-state index >= 15 is 0 Å². The van der Waals surface area contributed by atoms with E-state index in [4.69, 9.17) is 5.73 Å². The van der Waals surface area contributed by atoms with Crippen molar-refractivity contribution < 1.29 is 4.79 Å². The van der Waals surface area contributed by atoms with E-state index < -0.39 is 0 Å². The highest BCUT2D eigenvalue weighted by Gasteiger charge is 2.09. The van der Waals surface area contributed by atoms with Crippen LogP contribution in [0.4, 0.5) is 5.69 Å². The molecule has 0 saturated heterocycles. The van der Waals surface area contributed by atoms with Crippen molar-refractivity contribution in [3.63, 3.8) is 0 Å². The lowest BCUT2D eigenvalue weighted by atomic mass is 10.2. The first-order valence-corrected chi connectivity index (χ1v) is 6.07. The topological polar surface area (TPSA) is 56.0 Å². The summed E-state index contributed by atoms with van der Waals surface area (Å²) >= 11 is 1.64. The molecular weight excluding hydrogens is 208 g/mol. The molecule has 0 atom stereocenters. The molecule has 0 aliphatic carbocycles. The minimum atomic E-state index is 0.0613. The van der Waals surface area contributed by atoms with E-state index in [1.807, 2.05) is 0 Å². The van der Waals surface area contributed by atoms with Gasteiger partial charge >= 0.3 is 0 Å². The van der Waals surface area contributed by atoms with Crippen molar-refractivity contribution in [3.05, 3.63) is 24.0 Å². The normalized spacial score (nSPS) is 10.6. The predicted octanol–water partition coefficient (Wildman–Crippen LogP) is 2.24. The zero-order valence-corrected chi connectivity index (χ0v) is 9.88. The van der Waals surface area contributed by atoms with E-state index in [-0.39, 0.29) is 5.78 Å². The minimum absolute atomic E-state index is 0.0613. The highest BCUT2D eigenvalue weighted by Crippen LogP contribution is 2.14. The lowest BCUT2D eigenvalue weighted by molar-refractivity contribution is 0.102. The van der Waals surface area contributed by atoms with Gasteiger partial charge in [0.25, 0.3) is 0 Å². The quantitative estimate of drug-likeness (QED) is 0.779. The molecule has 1 aromatic heterocycles. The number of nitrogens with two attached hydrogens (primary N) is 1. The second-order valence-corrected chi connectivity index (χ2v) is 4.83. The number of hydrogen-bond acceptors (Lipinski definition) is 4. The molecule has 15 heavy (non-hydrogen) atoms. The summed E-state index contributed by atoms with van der Waals surface area (Å²) in [6.07, 6.45) is 3.13. The summed E-state index contributed by atoms with van der Waals surface area (Å²) < 4.78 is 0. The van der Waals surface area contributed by atoms with Crippen LogP contribution >= 0.6 is 11.8 Å². The summed E-state index contributed by atoms with van der Waals surface area (Å²) in [6, 6.07) is 1.65. The molecule has 1 aromatic rings. The number of nitrogen functional groups attached to an aromatic ring is 1. The van der Waals surface area contributed by atoms with Crippen molar-refractivity contribution in [1.29, 1.82) is 0 Å². The summed E-state index contributed by atoms with van der Waals surface area (Å²) in [5.74, 6) is 2.14. The highest BCUT2D eigenvalue weighted by atomic mass is 32.2. The molecule has 0 amide bonds. The fourth-order valence-corrected chi connectivity index (χ4v) is 2.03. The fourth-order valence-electron chi connectivity index (χ4n) is 1.10. The number of Topliss-reactive ketones (excluding diaryl/α,β-unsaturated/α-hetero) is 1. The van der Waals surface area contributed by atoms with Crippen LogP contribution in [0.2, 0.25) is 0 Å². The van der Waals surface area contributed by atoms with E-state index in [1.165, 1.54) is 6.20 Å². The minimum Gasteiger partial charge on any atom is -0.398 e. The van der Waals surface area contributed by atoms with Gasteiger partial charge in [0, 0.05) is 18.1 Å². The molecule has 0 aliphatic heterocycles. The Morgan fingerprint density at radius 2 is 2.33 bits per heavy atom. The Bertz CT molecular complexity index is 339. The van der Waals surface area contributed by atoms with Crippen molar-refractivity contribution in [3.8, 4) is 0 Å². The van der Waals surface area contributed by atoms with Crippen LogP contribution in [-0.2, 0) is 0 Å². The largest absolute Gasteiger partial charge is 0.398 e. The van der Waals surface area contributed by atoms with Gasteiger partial charge in [-0.05, 0) is 17.7 Å². The summed E-state index contributed by atoms with van der Waals surface area (Å²) in [5.41, 5.74) is 6.73. The van der Waals surface area contributed by atoms with E-state index in [0.717, 1.165) is 5.75 Å². The Morgan fingerprint density at radius 3 is 2.93 bits per heavy atom. The van der Waals surface area contributed by atoms with Gasteiger partial charge < -0.3 is 5.73 Å². The van der Waals surface area contributed by atoms with E-state index in [0.29, 0.717) is 22.9 Å². The Labute approximate surface area is 94.5 Å². The highest BCUT2D eigenvalue weighted by molar-refractivity contribution is 7.99. The second kappa shape index (κ2) is 5.75. The molecule has 1 heterocycles. The van der Waals surface area contributed by atoms with Gasteiger partial charge in [-0.15, -0.1) is 0 Å². The lowest BCUT2D eigenvalue weighted by Gasteiger charge is -2.05. The molecule has 0 radical (unpaired) electrons. The van der Waals surface area contributed by atoms with Gasteiger partial charge in [-0.2, -0.15) is 11.8 Å². The molecule has 0 aliphatic rings. The third-order valence-electron chi connectivity index (χ3n) is 1.84. The SMILES string of the molecule is CC(C)CSCC(=O)c1cnccc1N. The Balaban J connectivity index is 2.51. The number of pyridine rings is 1. The van der Waals surface area contributed by atoms with Gasteiger partial charge in [0.2, 0.25) is 0 Å². The maximum atomic E-state index is 11.7. The van der Waals surface area contributed by atoms with Crippen molar-refractivity contribution in [1.82, 2.24) is 4.98 Å². The Kier molecular flexibility index (Phi) is 4.62. The van der Waals surface area contributed by atoms with Gasteiger partial charge in [-0.1, -0.05) is 13.8 Å². The molecule has 3 nitrogen and oxygen atoms in total. The number of hydrogen-bond donors (Lipinski definition) is 1. The number of carbonyl (C=O) groups is 1. The third-order valence-corrected chi connectivity index (χ3v) is 3.21. The van der Waals surface area contributed by atoms with Crippen molar-refractivity contribution in [2.75, 3.05) is 17.2 Å². The molecule has 0 aromatic carbocycles. The fraction of sp³-hybridized carbons (Fsp3) is 0.455. The maximum absolute atomic E-state index is 11.7. The average Bonchev–Trinajstić information content (AvgIpc) is 2.17. The molecule has 0 spiro atoms. The van der Waals surface area contributed by atoms with Crippen LogP contribution in [0.15, 0.2) is 18.5 Å². The van der Waals surface area contributed by atoms with Crippen LogP contribution in [0.5, 0.6) is 0 Å². The molecular formula is C11H16N2OS. The number of nitrogens with zero attached hydrogens (tertiary/aromatic N) is 1. The smallest absolute Gasteiger partial charge is 0.176 e. The van der Waals surface area contributed by atoms with Gasteiger partial charge in [0.05, 0.1) is 11.3 Å². The zero-order chi connectivity index (χ0) is 11.3. The number of rotatable bonds is 5. The standard InChI is InChI=1S/C11H16N2OS/c1-8(2)6-15-7-11(14)9-5-13-4-3-10(9)12/h3-5,8H,6-7H2,1-2H3,(H2,12,13). The summed E-state index contributed by atoms with van der Waals surface area (Å²) in [6.45, 7) is 4.27. The number of ketones is 1. The molecule has 0 bridgehead atoms. The molecule has 0 fully saturated rings. The lowest BCUT2D eigenvalue weighted by Crippen LogP contribution is -2.08. The second-order valence-electron chi connectivity index (χ2n) is 3.80. The summed E-state index contributed by atoms with van der Waals surface area (Å²) in [4.78, 5) is 15.6. The van der Waals surface area contributed by atoms with E-state index in [1.54, 1.807) is 24.0 Å². The number of thioether (sulfide) groups is 1. The zero-order valence-electron chi connectivity index (χ0n) is 9.06. The molecule has 82 valence electrons. The summed E-state index contributed by atoms with van der Waals surface area (Å²) in [7, 11) is 0. The monoisotopic (exact) mass is 224 g/mol. The predicted molar refractivity (Wildman–Crippen MR) is 65.1 cm³/mol. The maximum Gasteiger partial charge on any atom is 0.176 e. The number of anilines is 1. The molecule has 4 heteroatoms. The van der Waals surface area contributed by atoms with Gasteiger partial charge in [0.1, 0.15) is 0 Å². The van der Waals surface area contributed by atoms with Crippen LogP contribution in [0, 0.1) is 5.92 Å². The van der Waals surface area contributed by atoms with Crippen LogP contribution in [0.1, 0.15) is 24.2 Å². The van der Waals surface area contributed by atoms with E-state index in [9.17, 15) is 4.79 Å². The van der Waals surface area contributed by atoms with Gasteiger partial charge in [0.15, 0.2) is 5.78 Å².